The summed E-state index contributed by atoms with van der Waals surface area (Å²) in [4.78, 5) is 13.0. The molecule has 0 aliphatic carbocycles. The van der Waals surface area contributed by atoms with E-state index >= 15 is 0 Å². The first-order valence-electron chi connectivity index (χ1n) is 7.88. The highest BCUT2D eigenvalue weighted by Crippen LogP contribution is 2.37. The third kappa shape index (κ3) is 4.19. The van der Waals surface area contributed by atoms with Crippen molar-refractivity contribution < 1.29 is 26.4 Å². The molecule has 1 fully saturated rings. The summed E-state index contributed by atoms with van der Waals surface area (Å²) in [6, 6.07) is 8.16. The minimum absolute atomic E-state index is 0.0558. The first-order chi connectivity index (χ1) is 12.6. The van der Waals surface area contributed by atoms with Gasteiger partial charge in [-0.2, -0.15) is 13.2 Å². The van der Waals surface area contributed by atoms with Gasteiger partial charge in [0.1, 0.15) is 0 Å². The average molecular weight is 419 g/mol. The molecule has 1 aliphatic heterocycles. The van der Waals surface area contributed by atoms with Gasteiger partial charge in [0.2, 0.25) is 5.91 Å². The summed E-state index contributed by atoms with van der Waals surface area (Å²) in [5.74, 6) is -0.0558. The van der Waals surface area contributed by atoms with E-state index in [0.29, 0.717) is 24.7 Å². The maximum absolute atomic E-state index is 13.1. The van der Waals surface area contributed by atoms with Crippen molar-refractivity contribution in [2.45, 2.75) is 23.9 Å². The first kappa shape index (κ1) is 19.5. The molecular formula is C17H14ClF3N2O3S. The number of nitrogens with zero attached hydrogens (tertiary/aromatic N) is 1. The SMILES string of the molecule is O=C1CCCN1c1ccc(S(=O)(=O)Nc2ccc(Cl)cc2C(F)(F)F)cc1. The van der Waals surface area contributed by atoms with Gasteiger partial charge in [0.25, 0.3) is 10.0 Å². The van der Waals surface area contributed by atoms with Crippen LogP contribution in [0.15, 0.2) is 47.4 Å². The van der Waals surface area contributed by atoms with Crippen LogP contribution in [-0.2, 0) is 21.0 Å². The standard InChI is InChI=1S/C17H14ClF3N2O3S/c18-11-3-8-15(14(10-11)17(19,20)21)22-27(25,26)13-6-4-12(5-7-13)23-9-1-2-16(23)24/h3-8,10,22H,1-2,9H2. The summed E-state index contributed by atoms with van der Waals surface area (Å²) in [7, 11) is -4.26. The fourth-order valence-electron chi connectivity index (χ4n) is 2.77. The predicted molar refractivity (Wildman–Crippen MR) is 95.3 cm³/mol. The number of amides is 1. The van der Waals surface area contributed by atoms with Crippen molar-refractivity contribution in [1.29, 1.82) is 0 Å². The summed E-state index contributed by atoms with van der Waals surface area (Å²) in [6.45, 7) is 0.545. The molecule has 1 saturated heterocycles. The van der Waals surface area contributed by atoms with Gasteiger partial charge >= 0.3 is 6.18 Å². The Balaban J connectivity index is 1.89. The van der Waals surface area contributed by atoms with E-state index in [1.54, 1.807) is 0 Å². The van der Waals surface area contributed by atoms with Crippen molar-refractivity contribution in [2.24, 2.45) is 0 Å². The molecule has 0 spiro atoms. The second kappa shape index (κ2) is 7.05. The Morgan fingerprint density at radius 3 is 2.30 bits per heavy atom. The topological polar surface area (TPSA) is 66.5 Å². The Kier molecular flexibility index (Phi) is 5.09. The summed E-state index contributed by atoms with van der Waals surface area (Å²) < 4.78 is 66.3. The summed E-state index contributed by atoms with van der Waals surface area (Å²) in [5, 5.41) is -0.162. The Labute approximate surface area is 158 Å². The summed E-state index contributed by atoms with van der Waals surface area (Å²) >= 11 is 5.59. The van der Waals surface area contributed by atoms with E-state index in [1.807, 2.05) is 4.72 Å². The molecule has 2 aromatic carbocycles. The van der Waals surface area contributed by atoms with Gasteiger partial charge in [-0.05, 0) is 48.9 Å². The van der Waals surface area contributed by atoms with E-state index in [4.69, 9.17) is 11.6 Å². The highest BCUT2D eigenvalue weighted by Gasteiger charge is 2.35. The highest BCUT2D eigenvalue weighted by molar-refractivity contribution is 7.92. The van der Waals surface area contributed by atoms with Crippen molar-refractivity contribution in [3.63, 3.8) is 0 Å². The quantitative estimate of drug-likeness (QED) is 0.805. The van der Waals surface area contributed by atoms with E-state index in [1.165, 1.54) is 29.2 Å². The molecule has 0 atom stereocenters. The number of nitrogens with one attached hydrogen (secondary N) is 1. The van der Waals surface area contributed by atoms with E-state index in [9.17, 15) is 26.4 Å². The number of hydrogen-bond donors (Lipinski definition) is 1. The van der Waals surface area contributed by atoms with Gasteiger partial charge < -0.3 is 4.90 Å². The van der Waals surface area contributed by atoms with Gasteiger partial charge in [-0.1, -0.05) is 11.6 Å². The monoisotopic (exact) mass is 418 g/mol. The molecule has 0 aromatic heterocycles. The van der Waals surface area contributed by atoms with Gasteiger partial charge in [-0.3, -0.25) is 9.52 Å². The maximum Gasteiger partial charge on any atom is 0.418 e. The van der Waals surface area contributed by atoms with E-state index in [-0.39, 0.29) is 15.8 Å². The average Bonchev–Trinajstić information content (AvgIpc) is 3.01. The zero-order valence-corrected chi connectivity index (χ0v) is 15.3. The molecule has 10 heteroatoms. The Bertz CT molecular complexity index is 976. The number of carbonyl (C=O) groups is 1. The highest BCUT2D eigenvalue weighted by atomic mass is 35.5. The van der Waals surface area contributed by atoms with Crippen LogP contribution in [0.3, 0.4) is 0 Å². The molecule has 2 aromatic rings. The maximum atomic E-state index is 13.1. The molecule has 3 rings (SSSR count). The summed E-state index contributed by atoms with van der Waals surface area (Å²) in [5.41, 5.74) is -1.26. The molecule has 5 nitrogen and oxygen atoms in total. The number of benzene rings is 2. The predicted octanol–water partition coefficient (Wildman–Crippen LogP) is 4.29. The minimum atomic E-state index is -4.78. The molecule has 1 heterocycles. The second-order valence-electron chi connectivity index (χ2n) is 5.94. The van der Waals surface area contributed by atoms with Crippen LogP contribution < -0.4 is 9.62 Å². The largest absolute Gasteiger partial charge is 0.418 e. The fraction of sp³-hybridized carbons (Fsp3) is 0.235. The lowest BCUT2D eigenvalue weighted by Gasteiger charge is -2.17. The van der Waals surface area contributed by atoms with Crippen molar-refractivity contribution in [1.82, 2.24) is 0 Å². The van der Waals surface area contributed by atoms with Crippen molar-refractivity contribution in [3.05, 3.63) is 53.1 Å². The lowest BCUT2D eigenvalue weighted by atomic mass is 10.2. The van der Waals surface area contributed by atoms with Gasteiger partial charge in [-0.25, -0.2) is 8.42 Å². The number of anilines is 2. The van der Waals surface area contributed by atoms with E-state index in [0.717, 1.165) is 18.6 Å². The van der Waals surface area contributed by atoms with Crippen molar-refractivity contribution in [3.8, 4) is 0 Å². The number of hydrogen-bond acceptors (Lipinski definition) is 3. The van der Waals surface area contributed by atoms with Crippen LogP contribution in [0.5, 0.6) is 0 Å². The van der Waals surface area contributed by atoms with Crippen LogP contribution >= 0.6 is 11.6 Å². The lowest BCUT2D eigenvalue weighted by molar-refractivity contribution is -0.136. The van der Waals surface area contributed by atoms with Gasteiger partial charge in [0.05, 0.1) is 16.1 Å². The molecule has 0 unspecified atom stereocenters. The van der Waals surface area contributed by atoms with E-state index in [2.05, 4.69) is 0 Å². The van der Waals surface area contributed by atoms with E-state index < -0.39 is 27.5 Å². The number of carbonyl (C=O) groups excluding carboxylic acids is 1. The van der Waals surface area contributed by atoms with Crippen LogP contribution in [0.4, 0.5) is 24.5 Å². The normalized spacial score (nSPS) is 15.3. The molecule has 0 radical (unpaired) electrons. The van der Waals surface area contributed by atoms with Crippen molar-refractivity contribution >= 4 is 38.9 Å². The second-order valence-corrected chi connectivity index (χ2v) is 8.05. The smallest absolute Gasteiger partial charge is 0.312 e. The van der Waals surface area contributed by atoms with Crippen molar-refractivity contribution in [2.75, 3.05) is 16.2 Å². The minimum Gasteiger partial charge on any atom is -0.312 e. The van der Waals surface area contributed by atoms with Crippen LogP contribution in [0, 0.1) is 0 Å². The molecule has 144 valence electrons. The molecule has 0 bridgehead atoms. The third-order valence-corrected chi connectivity index (χ3v) is 5.68. The zero-order chi connectivity index (χ0) is 19.8. The van der Waals surface area contributed by atoms with Gasteiger partial charge in [-0.15, -0.1) is 0 Å². The fourth-order valence-corrected chi connectivity index (χ4v) is 4.02. The van der Waals surface area contributed by atoms with Crippen LogP contribution in [0.1, 0.15) is 18.4 Å². The number of alkyl halides is 3. The number of halogens is 4. The Morgan fingerprint density at radius 1 is 1.07 bits per heavy atom. The Hall–Kier alpha value is -2.26. The summed E-state index contributed by atoms with van der Waals surface area (Å²) in [6.07, 6.45) is -3.63. The van der Waals surface area contributed by atoms with Crippen LogP contribution in [0.25, 0.3) is 0 Å². The first-order valence-corrected chi connectivity index (χ1v) is 9.74. The van der Waals surface area contributed by atoms with Gasteiger partial charge in [0.15, 0.2) is 0 Å². The zero-order valence-electron chi connectivity index (χ0n) is 13.8. The molecule has 0 saturated carbocycles. The van der Waals surface area contributed by atoms with Crippen LogP contribution in [0.2, 0.25) is 5.02 Å². The Morgan fingerprint density at radius 2 is 1.74 bits per heavy atom. The lowest BCUT2D eigenvalue weighted by Crippen LogP contribution is -2.23. The third-order valence-electron chi connectivity index (χ3n) is 4.06. The number of sulfonamides is 1. The van der Waals surface area contributed by atoms with Crippen LogP contribution in [-0.4, -0.2) is 20.9 Å². The van der Waals surface area contributed by atoms with Gasteiger partial charge in [0, 0.05) is 23.7 Å². The molecule has 1 aliphatic rings. The molecular weight excluding hydrogens is 405 g/mol. The molecule has 27 heavy (non-hydrogen) atoms. The molecule has 1 amide bonds. The number of rotatable bonds is 4. The molecule has 1 N–H and O–H groups in total.